The number of nitrogens with zero attached hydrogens (tertiary/aromatic N) is 2. The van der Waals surface area contributed by atoms with Gasteiger partial charge in [-0.15, -0.1) is 0 Å². The van der Waals surface area contributed by atoms with Crippen molar-refractivity contribution in [1.29, 1.82) is 0 Å². The fourth-order valence-electron chi connectivity index (χ4n) is 2.79. The number of hydroxylamine groups is 1. The van der Waals surface area contributed by atoms with E-state index in [4.69, 9.17) is 5.21 Å². The van der Waals surface area contributed by atoms with E-state index in [1.807, 2.05) is 0 Å². The summed E-state index contributed by atoms with van der Waals surface area (Å²) >= 11 is 0. The number of amides is 2. The number of sulfonamides is 1. The molecule has 0 atom stereocenters. The minimum absolute atomic E-state index is 0.0824. The molecule has 0 fully saturated rings. The lowest BCUT2D eigenvalue weighted by atomic mass is 10.2. The fraction of sp³-hybridized carbons (Fsp3) is 0.176. The summed E-state index contributed by atoms with van der Waals surface area (Å²) < 4.78 is 26.9. The largest absolute Gasteiger partial charge is 0.315 e. The average molecular weight is 375 g/mol. The van der Waals surface area contributed by atoms with Crippen molar-refractivity contribution in [2.75, 3.05) is 23.3 Å². The van der Waals surface area contributed by atoms with Gasteiger partial charge in [0.25, 0.3) is 15.9 Å². The topological polar surface area (TPSA) is 107 Å². The first-order valence-electron chi connectivity index (χ1n) is 7.68. The second kappa shape index (κ2) is 6.43. The monoisotopic (exact) mass is 375 g/mol. The Morgan fingerprint density at radius 3 is 2.46 bits per heavy atom. The second-order valence-electron chi connectivity index (χ2n) is 5.88. The molecule has 1 aliphatic rings. The third-order valence-corrected chi connectivity index (χ3v) is 6.16. The Labute approximate surface area is 150 Å². The zero-order valence-corrected chi connectivity index (χ0v) is 14.9. The lowest BCUT2D eigenvalue weighted by Gasteiger charge is -2.20. The maximum absolute atomic E-state index is 12.9. The number of benzene rings is 2. The normalized spacial score (nSPS) is 13.5. The summed E-state index contributed by atoms with van der Waals surface area (Å²) in [6.07, 6.45) is 0.171. The van der Waals surface area contributed by atoms with Crippen LogP contribution in [0.25, 0.3) is 0 Å². The molecule has 0 spiro atoms. The van der Waals surface area contributed by atoms with E-state index in [0.717, 1.165) is 4.31 Å². The Balaban J connectivity index is 1.92. The van der Waals surface area contributed by atoms with Crippen molar-refractivity contribution >= 4 is 33.2 Å². The molecule has 8 nitrogen and oxygen atoms in total. The predicted molar refractivity (Wildman–Crippen MR) is 94.8 cm³/mol. The van der Waals surface area contributed by atoms with Gasteiger partial charge in [0.1, 0.15) is 0 Å². The summed E-state index contributed by atoms with van der Waals surface area (Å²) in [4.78, 5) is 24.7. The Morgan fingerprint density at radius 2 is 1.85 bits per heavy atom. The van der Waals surface area contributed by atoms with Crippen LogP contribution in [0.5, 0.6) is 0 Å². The smallest absolute Gasteiger partial charge is 0.274 e. The molecule has 0 aliphatic carbocycles. The van der Waals surface area contributed by atoms with E-state index >= 15 is 0 Å². The van der Waals surface area contributed by atoms with Crippen molar-refractivity contribution in [2.24, 2.45) is 0 Å². The zero-order chi connectivity index (χ0) is 19.1. The summed E-state index contributed by atoms with van der Waals surface area (Å²) in [5.74, 6) is -0.768. The number of likely N-dealkylation sites (N-methyl/N-ethyl adjacent to an activating group) is 1. The van der Waals surface area contributed by atoms with Gasteiger partial charge in [0.05, 0.1) is 17.0 Å². The molecular formula is C17H17N3O5S. The molecule has 0 aromatic heterocycles. The molecule has 2 aromatic carbocycles. The fourth-order valence-corrected chi connectivity index (χ4v) is 4.04. The first-order valence-corrected chi connectivity index (χ1v) is 9.12. The highest BCUT2D eigenvalue weighted by Crippen LogP contribution is 2.31. The number of carbonyl (C=O) groups excluding carboxylic acids is 2. The first kappa shape index (κ1) is 17.9. The molecule has 2 amide bonds. The van der Waals surface area contributed by atoms with E-state index in [1.165, 1.54) is 53.8 Å². The van der Waals surface area contributed by atoms with Crippen LogP contribution in [-0.2, 0) is 21.2 Å². The van der Waals surface area contributed by atoms with E-state index < -0.39 is 15.9 Å². The average Bonchev–Trinajstić information content (AvgIpc) is 2.94. The lowest BCUT2D eigenvalue weighted by molar-refractivity contribution is -0.117. The lowest BCUT2D eigenvalue weighted by Crippen LogP contribution is -2.27. The zero-order valence-electron chi connectivity index (χ0n) is 14.1. The van der Waals surface area contributed by atoms with Gasteiger partial charge in [-0.05, 0) is 48.0 Å². The van der Waals surface area contributed by atoms with Crippen molar-refractivity contribution < 1.29 is 23.2 Å². The van der Waals surface area contributed by atoms with Crippen LogP contribution in [-0.4, -0.2) is 39.5 Å². The van der Waals surface area contributed by atoms with Gasteiger partial charge in [-0.2, -0.15) is 0 Å². The predicted octanol–water partition coefficient (Wildman–Crippen LogP) is 1.15. The number of rotatable bonds is 4. The highest BCUT2D eigenvalue weighted by molar-refractivity contribution is 7.92. The summed E-state index contributed by atoms with van der Waals surface area (Å²) in [7, 11) is -0.779. The molecule has 0 radical (unpaired) electrons. The van der Waals surface area contributed by atoms with Crippen LogP contribution >= 0.6 is 0 Å². The van der Waals surface area contributed by atoms with Gasteiger partial charge in [0.15, 0.2) is 0 Å². The molecule has 1 aliphatic heterocycles. The van der Waals surface area contributed by atoms with Crippen LogP contribution in [0.2, 0.25) is 0 Å². The van der Waals surface area contributed by atoms with Gasteiger partial charge >= 0.3 is 0 Å². The number of carbonyl (C=O) groups is 2. The van der Waals surface area contributed by atoms with Crippen LogP contribution < -0.4 is 14.7 Å². The van der Waals surface area contributed by atoms with Crippen LogP contribution in [0.4, 0.5) is 11.4 Å². The maximum Gasteiger partial charge on any atom is 0.274 e. The second-order valence-corrected chi connectivity index (χ2v) is 7.85. The minimum atomic E-state index is -3.83. The third-order valence-electron chi connectivity index (χ3n) is 4.38. The minimum Gasteiger partial charge on any atom is -0.315 e. The van der Waals surface area contributed by atoms with E-state index in [0.29, 0.717) is 16.9 Å². The standard InChI is InChI=1S/C17H17N3O5S/c1-19-15-8-7-14(9-12(15)10-16(19)21)26(24,25)20(2)13-5-3-11(4-6-13)17(22)18-23/h3-9,23H,10H2,1-2H3,(H,18,22). The van der Waals surface area contributed by atoms with Gasteiger partial charge in [0.2, 0.25) is 5.91 Å². The Morgan fingerprint density at radius 1 is 1.19 bits per heavy atom. The number of hydrogen-bond donors (Lipinski definition) is 2. The van der Waals surface area contributed by atoms with E-state index in [2.05, 4.69) is 0 Å². The number of anilines is 2. The van der Waals surface area contributed by atoms with Crippen molar-refractivity contribution in [2.45, 2.75) is 11.3 Å². The van der Waals surface area contributed by atoms with Crippen molar-refractivity contribution in [3.63, 3.8) is 0 Å². The van der Waals surface area contributed by atoms with Crippen LogP contribution in [0.15, 0.2) is 47.4 Å². The Kier molecular flexibility index (Phi) is 4.43. The van der Waals surface area contributed by atoms with Crippen molar-refractivity contribution in [3.05, 3.63) is 53.6 Å². The van der Waals surface area contributed by atoms with Gasteiger partial charge in [-0.25, -0.2) is 13.9 Å². The molecule has 2 N–H and O–H groups in total. The molecule has 3 rings (SSSR count). The number of nitrogens with one attached hydrogen (secondary N) is 1. The van der Waals surface area contributed by atoms with Crippen molar-refractivity contribution in [1.82, 2.24) is 5.48 Å². The van der Waals surface area contributed by atoms with Gasteiger partial charge in [-0.1, -0.05) is 0 Å². The number of hydrogen-bond acceptors (Lipinski definition) is 5. The van der Waals surface area contributed by atoms with Gasteiger partial charge < -0.3 is 4.90 Å². The summed E-state index contributed by atoms with van der Waals surface area (Å²) in [6.45, 7) is 0. The van der Waals surface area contributed by atoms with Gasteiger partial charge in [-0.3, -0.25) is 19.1 Å². The third kappa shape index (κ3) is 2.91. The molecule has 26 heavy (non-hydrogen) atoms. The van der Waals surface area contributed by atoms with Crippen LogP contribution in [0.1, 0.15) is 15.9 Å². The van der Waals surface area contributed by atoms with E-state index in [1.54, 1.807) is 13.1 Å². The quantitative estimate of drug-likeness (QED) is 0.616. The molecule has 0 saturated carbocycles. The molecule has 136 valence electrons. The summed E-state index contributed by atoms with van der Waals surface area (Å²) in [6, 6.07) is 10.3. The Hall–Kier alpha value is -2.91. The summed E-state index contributed by atoms with van der Waals surface area (Å²) in [5.41, 5.74) is 3.44. The molecule has 0 saturated heterocycles. The number of fused-ring (bicyclic) bond motifs is 1. The SMILES string of the molecule is CN1C(=O)Cc2cc(S(=O)(=O)N(C)c3ccc(C(=O)NO)cc3)ccc21. The van der Waals surface area contributed by atoms with Crippen LogP contribution in [0, 0.1) is 0 Å². The van der Waals surface area contributed by atoms with Crippen LogP contribution in [0.3, 0.4) is 0 Å². The highest BCUT2D eigenvalue weighted by Gasteiger charge is 2.28. The highest BCUT2D eigenvalue weighted by atomic mass is 32.2. The van der Waals surface area contributed by atoms with Gasteiger partial charge in [0, 0.05) is 25.3 Å². The maximum atomic E-state index is 12.9. The van der Waals surface area contributed by atoms with E-state index in [-0.39, 0.29) is 22.8 Å². The molecule has 0 bridgehead atoms. The Bertz CT molecular complexity index is 986. The molecule has 2 aromatic rings. The summed E-state index contributed by atoms with van der Waals surface area (Å²) in [5, 5.41) is 8.63. The molecule has 1 heterocycles. The van der Waals surface area contributed by atoms with Crippen molar-refractivity contribution in [3.8, 4) is 0 Å². The first-order chi connectivity index (χ1) is 12.3. The molecule has 9 heteroatoms. The van der Waals surface area contributed by atoms with E-state index in [9.17, 15) is 18.0 Å². The molecular weight excluding hydrogens is 358 g/mol. The molecule has 0 unspecified atom stereocenters.